The Bertz CT molecular complexity index is 814. The minimum Gasteiger partial charge on any atom is -0.352 e. The van der Waals surface area contributed by atoms with Crippen molar-refractivity contribution in [3.63, 3.8) is 0 Å². The highest BCUT2D eigenvalue weighted by atomic mass is 16.2. The number of rotatable bonds is 4. The molecule has 1 aromatic carbocycles. The minimum absolute atomic E-state index is 0.0376. The molecular weight excluding hydrogens is 330 g/mol. The maximum atomic E-state index is 13.1. The van der Waals surface area contributed by atoms with Crippen molar-refractivity contribution in [1.29, 1.82) is 0 Å². The van der Waals surface area contributed by atoms with Gasteiger partial charge in [-0.1, -0.05) is 30.4 Å². The van der Waals surface area contributed by atoms with E-state index in [0.29, 0.717) is 12.0 Å². The molecule has 1 aromatic rings. The Morgan fingerprint density at radius 2 is 2.08 bits per heavy atom. The van der Waals surface area contributed by atoms with Crippen molar-refractivity contribution in [2.75, 3.05) is 11.9 Å². The van der Waals surface area contributed by atoms with Crippen LogP contribution < -0.4 is 10.6 Å². The third-order valence-corrected chi connectivity index (χ3v) is 5.62. The van der Waals surface area contributed by atoms with E-state index >= 15 is 0 Å². The van der Waals surface area contributed by atoms with E-state index in [1.54, 1.807) is 4.90 Å². The number of carbonyl (C=O) groups is 3. The first-order chi connectivity index (χ1) is 12.4. The van der Waals surface area contributed by atoms with Gasteiger partial charge in [0.2, 0.25) is 17.7 Å². The molecule has 4 rings (SSSR count). The Morgan fingerprint density at radius 1 is 1.35 bits per heavy atom. The zero-order valence-corrected chi connectivity index (χ0v) is 14.9. The number of piperidine rings is 1. The summed E-state index contributed by atoms with van der Waals surface area (Å²) in [5, 5.41) is 5.88. The van der Waals surface area contributed by atoms with Crippen molar-refractivity contribution >= 4 is 23.4 Å². The summed E-state index contributed by atoms with van der Waals surface area (Å²) in [5.74, 6) is -0.394. The highest BCUT2D eigenvalue weighted by molar-refractivity contribution is 6.08. The van der Waals surface area contributed by atoms with E-state index in [4.69, 9.17) is 0 Å². The van der Waals surface area contributed by atoms with Gasteiger partial charge in [0.15, 0.2) is 0 Å². The number of nitrogens with zero attached hydrogens (tertiary/aromatic N) is 1. The molecule has 6 heteroatoms. The molecule has 2 atom stereocenters. The molecule has 2 N–H and O–H groups in total. The Kier molecular flexibility index (Phi) is 3.86. The summed E-state index contributed by atoms with van der Waals surface area (Å²) in [4.78, 5) is 39.7. The van der Waals surface area contributed by atoms with Crippen LogP contribution in [0.2, 0.25) is 0 Å². The van der Waals surface area contributed by atoms with Gasteiger partial charge in [0.25, 0.3) is 0 Å². The van der Waals surface area contributed by atoms with Crippen molar-refractivity contribution in [3.05, 3.63) is 42.0 Å². The molecular formula is C20H23N3O3. The summed E-state index contributed by atoms with van der Waals surface area (Å²) < 4.78 is 0. The van der Waals surface area contributed by atoms with Gasteiger partial charge < -0.3 is 15.5 Å². The highest BCUT2D eigenvalue weighted by Crippen LogP contribution is 2.49. The van der Waals surface area contributed by atoms with Gasteiger partial charge in [0, 0.05) is 18.2 Å². The summed E-state index contributed by atoms with van der Waals surface area (Å²) in [6.07, 6.45) is 2.64. The topological polar surface area (TPSA) is 78.5 Å². The van der Waals surface area contributed by atoms with E-state index in [2.05, 4.69) is 17.2 Å². The highest BCUT2D eigenvalue weighted by Gasteiger charge is 2.57. The first kappa shape index (κ1) is 16.8. The quantitative estimate of drug-likeness (QED) is 0.809. The average Bonchev–Trinajstić information content (AvgIpc) is 3.36. The molecule has 0 radical (unpaired) electrons. The lowest BCUT2D eigenvalue weighted by Gasteiger charge is -2.47. The first-order valence-electron chi connectivity index (χ1n) is 9.08. The predicted octanol–water partition coefficient (Wildman–Crippen LogP) is 1.72. The molecule has 3 amide bonds. The SMILES string of the molecule is C=C(C)C1N(CC(=O)NC2CC2)C(=O)CCC12C(=O)Nc1ccccc12. The van der Waals surface area contributed by atoms with Gasteiger partial charge in [0.1, 0.15) is 12.0 Å². The molecule has 6 nitrogen and oxygen atoms in total. The lowest BCUT2D eigenvalue weighted by molar-refractivity contribution is -0.145. The zero-order valence-electron chi connectivity index (χ0n) is 14.9. The second-order valence-corrected chi connectivity index (χ2v) is 7.58. The van der Waals surface area contributed by atoms with Crippen molar-refractivity contribution in [2.24, 2.45) is 0 Å². The van der Waals surface area contributed by atoms with E-state index < -0.39 is 11.5 Å². The Balaban J connectivity index is 1.73. The van der Waals surface area contributed by atoms with Crippen LogP contribution in [0, 0.1) is 0 Å². The molecule has 1 aliphatic carbocycles. The number of amides is 3. The summed E-state index contributed by atoms with van der Waals surface area (Å²) >= 11 is 0. The van der Waals surface area contributed by atoms with Crippen LogP contribution in [0.3, 0.4) is 0 Å². The van der Waals surface area contributed by atoms with Gasteiger partial charge in [-0.3, -0.25) is 14.4 Å². The number of para-hydroxylation sites is 1. The number of fused-ring (bicyclic) bond motifs is 2. The fourth-order valence-corrected chi connectivity index (χ4v) is 4.37. The second kappa shape index (κ2) is 5.97. The normalized spacial score (nSPS) is 27.3. The van der Waals surface area contributed by atoms with Crippen molar-refractivity contribution in [2.45, 2.75) is 50.1 Å². The van der Waals surface area contributed by atoms with Crippen LogP contribution in [0.1, 0.15) is 38.2 Å². The molecule has 2 aliphatic heterocycles. The van der Waals surface area contributed by atoms with Crippen LogP contribution >= 0.6 is 0 Å². The predicted molar refractivity (Wildman–Crippen MR) is 97.5 cm³/mol. The maximum Gasteiger partial charge on any atom is 0.239 e. The van der Waals surface area contributed by atoms with Crippen LogP contribution in [0.15, 0.2) is 36.4 Å². The number of carbonyl (C=O) groups excluding carboxylic acids is 3. The van der Waals surface area contributed by atoms with Crippen LogP contribution in [-0.2, 0) is 19.8 Å². The van der Waals surface area contributed by atoms with Gasteiger partial charge in [-0.15, -0.1) is 0 Å². The largest absolute Gasteiger partial charge is 0.352 e. The molecule has 3 aliphatic rings. The fraction of sp³-hybridized carbons (Fsp3) is 0.450. The summed E-state index contributed by atoms with van der Waals surface area (Å²) in [7, 11) is 0. The standard InChI is InChI=1S/C20H23N3O3/c1-12(2)18-20(14-5-3-4-6-15(14)22-19(20)26)10-9-17(25)23(18)11-16(24)21-13-7-8-13/h3-6,13,18H,1,7-11H2,2H3,(H,21,24)(H,22,26). The van der Waals surface area contributed by atoms with Gasteiger partial charge in [-0.2, -0.15) is 0 Å². The van der Waals surface area contributed by atoms with Gasteiger partial charge >= 0.3 is 0 Å². The average molecular weight is 353 g/mol. The number of likely N-dealkylation sites (tertiary alicyclic amines) is 1. The Hall–Kier alpha value is -2.63. The van der Waals surface area contributed by atoms with Crippen LogP contribution in [0.4, 0.5) is 5.69 Å². The molecule has 1 saturated carbocycles. The molecule has 2 fully saturated rings. The number of hydrogen-bond acceptors (Lipinski definition) is 3. The van der Waals surface area contributed by atoms with Gasteiger partial charge in [-0.05, 0) is 37.8 Å². The van der Waals surface area contributed by atoms with Crippen LogP contribution in [0.5, 0.6) is 0 Å². The summed E-state index contributed by atoms with van der Waals surface area (Å²) in [5.41, 5.74) is 1.50. The monoisotopic (exact) mass is 353 g/mol. The van der Waals surface area contributed by atoms with E-state index in [1.165, 1.54) is 0 Å². The minimum atomic E-state index is -0.879. The Labute approximate surface area is 152 Å². The summed E-state index contributed by atoms with van der Waals surface area (Å²) in [6, 6.07) is 7.28. The first-order valence-corrected chi connectivity index (χ1v) is 9.08. The number of anilines is 1. The molecule has 2 heterocycles. The molecule has 2 unspecified atom stereocenters. The lowest BCUT2D eigenvalue weighted by atomic mass is 9.67. The fourth-order valence-electron chi connectivity index (χ4n) is 4.37. The maximum absolute atomic E-state index is 13.1. The van der Waals surface area contributed by atoms with Crippen molar-refractivity contribution in [3.8, 4) is 0 Å². The van der Waals surface area contributed by atoms with Gasteiger partial charge in [0.05, 0.1) is 6.04 Å². The van der Waals surface area contributed by atoms with Crippen molar-refractivity contribution < 1.29 is 14.4 Å². The molecule has 26 heavy (non-hydrogen) atoms. The number of nitrogens with one attached hydrogen (secondary N) is 2. The van der Waals surface area contributed by atoms with E-state index in [1.807, 2.05) is 31.2 Å². The number of hydrogen-bond donors (Lipinski definition) is 2. The molecule has 136 valence electrons. The summed E-state index contributed by atoms with van der Waals surface area (Å²) in [6.45, 7) is 5.85. The molecule has 0 bridgehead atoms. The lowest BCUT2D eigenvalue weighted by Crippen LogP contribution is -2.62. The molecule has 1 spiro atoms. The third-order valence-electron chi connectivity index (χ3n) is 5.62. The van der Waals surface area contributed by atoms with E-state index in [0.717, 1.165) is 24.1 Å². The smallest absolute Gasteiger partial charge is 0.239 e. The van der Waals surface area contributed by atoms with E-state index in [-0.39, 0.29) is 36.7 Å². The number of benzene rings is 1. The van der Waals surface area contributed by atoms with E-state index in [9.17, 15) is 14.4 Å². The van der Waals surface area contributed by atoms with Gasteiger partial charge in [-0.25, -0.2) is 0 Å². The Morgan fingerprint density at radius 3 is 2.77 bits per heavy atom. The second-order valence-electron chi connectivity index (χ2n) is 7.58. The third kappa shape index (κ3) is 2.52. The zero-order chi connectivity index (χ0) is 18.5. The van der Waals surface area contributed by atoms with Crippen LogP contribution in [0.25, 0.3) is 0 Å². The molecule has 0 aromatic heterocycles. The van der Waals surface area contributed by atoms with Crippen molar-refractivity contribution in [1.82, 2.24) is 10.2 Å². The molecule has 1 saturated heterocycles. The van der Waals surface area contributed by atoms with Crippen LogP contribution in [-0.4, -0.2) is 41.2 Å².